The number of nitrogens with zero attached hydrogens (tertiary/aromatic N) is 1. The lowest BCUT2D eigenvalue weighted by atomic mass is 9.94. The second-order valence-corrected chi connectivity index (χ2v) is 5.93. The molecule has 1 aliphatic rings. The largest absolute Gasteiger partial charge is 0.506 e. The van der Waals surface area contributed by atoms with Gasteiger partial charge in [-0.15, -0.1) is 0 Å². The van der Waals surface area contributed by atoms with Gasteiger partial charge in [0, 0.05) is 11.4 Å². The number of aromatic hydroxyl groups is 1. The molecule has 23 heavy (non-hydrogen) atoms. The number of ether oxygens (including phenoxy) is 1. The highest BCUT2D eigenvalue weighted by Gasteiger charge is 2.26. The molecule has 3 rings (SSSR count). The molecule has 0 unspecified atom stereocenters. The molecule has 0 atom stereocenters. The Labute approximate surface area is 134 Å². The van der Waals surface area contributed by atoms with E-state index in [9.17, 15) is 14.7 Å². The number of esters is 1. The summed E-state index contributed by atoms with van der Waals surface area (Å²) in [5.74, 6) is -1.04. The average molecular weight is 315 g/mol. The van der Waals surface area contributed by atoms with Gasteiger partial charge in [-0.2, -0.15) is 0 Å². The Bertz CT molecular complexity index is 787. The first kappa shape index (κ1) is 15.6. The van der Waals surface area contributed by atoms with E-state index in [2.05, 4.69) is 0 Å². The molecule has 0 bridgehead atoms. The molecule has 5 nitrogen and oxygen atoms in total. The highest BCUT2D eigenvalue weighted by molar-refractivity contribution is 5.99. The molecule has 122 valence electrons. The van der Waals surface area contributed by atoms with Crippen LogP contribution in [0.15, 0.2) is 29.1 Å². The number of rotatable bonds is 3. The standard InChI is InChI=1S/C18H21NO4/c1-2-23-18(22)15-16(20)13-10-6-7-11-14(13)19(17(15)21)12-8-4-3-5-9-12/h6-7,10-12,20H,2-5,8-9H2,1H3. The fourth-order valence-corrected chi connectivity index (χ4v) is 3.44. The third kappa shape index (κ3) is 2.71. The van der Waals surface area contributed by atoms with Gasteiger partial charge in [0.05, 0.1) is 12.1 Å². The van der Waals surface area contributed by atoms with Gasteiger partial charge in [-0.25, -0.2) is 4.79 Å². The van der Waals surface area contributed by atoms with Crippen LogP contribution in [-0.2, 0) is 4.74 Å². The van der Waals surface area contributed by atoms with Crippen molar-refractivity contribution in [2.75, 3.05) is 6.61 Å². The van der Waals surface area contributed by atoms with Gasteiger partial charge in [-0.05, 0) is 31.9 Å². The molecular weight excluding hydrogens is 294 g/mol. The maximum absolute atomic E-state index is 12.9. The van der Waals surface area contributed by atoms with Crippen LogP contribution >= 0.6 is 0 Å². The van der Waals surface area contributed by atoms with Gasteiger partial charge in [-0.3, -0.25) is 4.79 Å². The average Bonchev–Trinajstić information content (AvgIpc) is 2.56. The number of aromatic nitrogens is 1. The lowest BCUT2D eigenvalue weighted by Gasteiger charge is -2.26. The molecule has 1 saturated carbocycles. The van der Waals surface area contributed by atoms with Crippen LogP contribution < -0.4 is 5.56 Å². The minimum absolute atomic E-state index is 0.0647. The van der Waals surface area contributed by atoms with E-state index >= 15 is 0 Å². The first-order chi connectivity index (χ1) is 11.1. The van der Waals surface area contributed by atoms with E-state index in [0.29, 0.717) is 10.9 Å². The summed E-state index contributed by atoms with van der Waals surface area (Å²) in [6.45, 7) is 1.84. The lowest BCUT2D eigenvalue weighted by Crippen LogP contribution is -2.31. The zero-order valence-corrected chi connectivity index (χ0v) is 13.2. The molecule has 0 saturated heterocycles. The van der Waals surface area contributed by atoms with Crippen molar-refractivity contribution in [3.8, 4) is 5.75 Å². The number of benzene rings is 1. The number of hydrogen-bond donors (Lipinski definition) is 1. The van der Waals surface area contributed by atoms with Crippen LogP contribution in [0, 0.1) is 0 Å². The number of para-hydroxylation sites is 1. The highest BCUT2D eigenvalue weighted by Crippen LogP contribution is 2.33. The monoisotopic (exact) mass is 315 g/mol. The van der Waals surface area contributed by atoms with Gasteiger partial charge in [0.2, 0.25) is 0 Å². The maximum Gasteiger partial charge on any atom is 0.347 e. The second kappa shape index (κ2) is 6.44. The molecule has 1 heterocycles. The fraction of sp³-hybridized carbons (Fsp3) is 0.444. The molecule has 1 aromatic carbocycles. The van der Waals surface area contributed by atoms with Crippen LogP contribution in [-0.4, -0.2) is 22.2 Å². The van der Waals surface area contributed by atoms with Crippen molar-refractivity contribution < 1.29 is 14.6 Å². The molecule has 1 fully saturated rings. The first-order valence-corrected chi connectivity index (χ1v) is 8.18. The van der Waals surface area contributed by atoms with Crippen LogP contribution in [0.25, 0.3) is 10.9 Å². The summed E-state index contributed by atoms with van der Waals surface area (Å²) in [4.78, 5) is 25.1. The Hall–Kier alpha value is -2.30. The maximum atomic E-state index is 12.9. The Morgan fingerprint density at radius 1 is 1.26 bits per heavy atom. The van der Waals surface area contributed by atoms with E-state index < -0.39 is 11.5 Å². The van der Waals surface area contributed by atoms with Gasteiger partial charge in [0.25, 0.3) is 5.56 Å². The molecule has 5 heteroatoms. The Kier molecular flexibility index (Phi) is 4.37. The van der Waals surface area contributed by atoms with Crippen molar-refractivity contribution >= 4 is 16.9 Å². The van der Waals surface area contributed by atoms with Crippen molar-refractivity contribution in [2.24, 2.45) is 0 Å². The Balaban J connectivity index is 2.28. The number of pyridine rings is 1. The third-order valence-electron chi connectivity index (χ3n) is 4.51. The predicted octanol–water partition coefficient (Wildman–Crippen LogP) is 3.39. The first-order valence-electron chi connectivity index (χ1n) is 8.18. The SMILES string of the molecule is CCOC(=O)c1c(O)c2ccccc2n(C2CCCCC2)c1=O. The quantitative estimate of drug-likeness (QED) is 0.882. The van der Waals surface area contributed by atoms with Crippen LogP contribution in [0.5, 0.6) is 5.75 Å². The van der Waals surface area contributed by atoms with E-state index in [4.69, 9.17) is 4.74 Å². The topological polar surface area (TPSA) is 68.5 Å². The molecular formula is C18H21NO4. The van der Waals surface area contributed by atoms with E-state index in [0.717, 1.165) is 25.7 Å². The second-order valence-electron chi connectivity index (χ2n) is 5.93. The third-order valence-corrected chi connectivity index (χ3v) is 4.51. The predicted molar refractivity (Wildman–Crippen MR) is 88.0 cm³/mol. The number of hydrogen-bond acceptors (Lipinski definition) is 4. The normalized spacial score (nSPS) is 15.7. The summed E-state index contributed by atoms with van der Waals surface area (Å²) >= 11 is 0. The van der Waals surface area contributed by atoms with Crippen LogP contribution in [0.4, 0.5) is 0 Å². The fourth-order valence-electron chi connectivity index (χ4n) is 3.44. The van der Waals surface area contributed by atoms with Crippen molar-refractivity contribution in [1.29, 1.82) is 0 Å². The Morgan fingerprint density at radius 2 is 1.96 bits per heavy atom. The number of carbonyl (C=O) groups excluding carboxylic acids is 1. The van der Waals surface area contributed by atoms with Gasteiger partial charge in [-0.1, -0.05) is 31.4 Å². The summed E-state index contributed by atoms with van der Waals surface area (Å²) in [5, 5.41) is 11.0. The van der Waals surface area contributed by atoms with Gasteiger partial charge in [0.1, 0.15) is 5.75 Å². The molecule has 1 N–H and O–H groups in total. The minimum Gasteiger partial charge on any atom is -0.506 e. The molecule has 0 radical (unpaired) electrons. The van der Waals surface area contributed by atoms with Crippen LogP contribution in [0.3, 0.4) is 0 Å². The highest BCUT2D eigenvalue weighted by atomic mass is 16.5. The smallest absolute Gasteiger partial charge is 0.347 e. The Morgan fingerprint density at radius 3 is 2.65 bits per heavy atom. The van der Waals surface area contributed by atoms with Crippen molar-refractivity contribution in [3.05, 3.63) is 40.2 Å². The van der Waals surface area contributed by atoms with Crippen LogP contribution in [0.2, 0.25) is 0 Å². The zero-order chi connectivity index (χ0) is 16.4. The minimum atomic E-state index is -0.759. The van der Waals surface area contributed by atoms with Gasteiger partial charge >= 0.3 is 5.97 Å². The van der Waals surface area contributed by atoms with Gasteiger partial charge < -0.3 is 14.4 Å². The zero-order valence-electron chi connectivity index (χ0n) is 13.2. The van der Waals surface area contributed by atoms with Crippen molar-refractivity contribution in [3.63, 3.8) is 0 Å². The summed E-state index contributed by atoms with van der Waals surface area (Å²) in [6.07, 6.45) is 5.14. The number of carbonyl (C=O) groups is 1. The summed E-state index contributed by atoms with van der Waals surface area (Å²) < 4.78 is 6.65. The summed E-state index contributed by atoms with van der Waals surface area (Å²) in [7, 11) is 0. The molecule has 2 aromatic rings. The molecule has 1 aromatic heterocycles. The molecule has 0 spiro atoms. The molecule has 0 amide bonds. The summed E-state index contributed by atoms with van der Waals surface area (Å²) in [5.41, 5.74) is -0.0300. The van der Waals surface area contributed by atoms with Crippen LogP contribution in [0.1, 0.15) is 55.4 Å². The molecule has 0 aliphatic heterocycles. The van der Waals surface area contributed by atoms with E-state index in [1.54, 1.807) is 23.6 Å². The van der Waals surface area contributed by atoms with Gasteiger partial charge in [0.15, 0.2) is 5.56 Å². The van der Waals surface area contributed by atoms with Crippen molar-refractivity contribution in [1.82, 2.24) is 4.57 Å². The lowest BCUT2D eigenvalue weighted by molar-refractivity contribution is 0.0520. The summed E-state index contributed by atoms with van der Waals surface area (Å²) in [6, 6.07) is 7.23. The van der Waals surface area contributed by atoms with E-state index in [-0.39, 0.29) is 24.0 Å². The van der Waals surface area contributed by atoms with E-state index in [1.807, 2.05) is 12.1 Å². The van der Waals surface area contributed by atoms with Crippen molar-refractivity contribution in [2.45, 2.75) is 45.1 Å². The number of fused-ring (bicyclic) bond motifs is 1. The van der Waals surface area contributed by atoms with E-state index in [1.165, 1.54) is 6.42 Å². The molecule has 1 aliphatic carbocycles.